The molecule has 4 nitrogen and oxygen atoms in total. The van der Waals surface area contributed by atoms with Gasteiger partial charge in [-0.25, -0.2) is 0 Å². The maximum Gasteiger partial charge on any atom is 0.170 e. The van der Waals surface area contributed by atoms with Gasteiger partial charge < -0.3 is 14.4 Å². The van der Waals surface area contributed by atoms with Crippen molar-refractivity contribution in [2.24, 2.45) is 5.92 Å². The fourth-order valence-corrected chi connectivity index (χ4v) is 4.99. The standard InChI is InChI=1S/C25H31NO3/c1-5-18-8-6-17-14-16(7-12-23(17)26(18)2)20-10-11-21(20)25(27)22-15-19(28-3)9-13-24(22)29-4/h7,9,12-15,18,20-21H,5-6,8,10-11H2,1-4H3. The lowest BCUT2D eigenvalue weighted by atomic mass is 9.66. The summed E-state index contributed by atoms with van der Waals surface area (Å²) in [5.41, 5.74) is 4.71. The Hall–Kier alpha value is -2.49. The minimum atomic E-state index is 0.0127. The minimum Gasteiger partial charge on any atom is -0.497 e. The van der Waals surface area contributed by atoms with Gasteiger partial charge in [0, 0.05) is 24.7 Å². The first-order chi connectivity index (χ1) is 14.1. The van der Waals surface area contributed by atoms with E-state index in [4.69, 9.17) is 9.47 Å². The molecule has 0 aromatic heterocycles. The van der Waals surface area contributed by atoms with E-state index in [-0.39, 0.29) is 17.6 Å². The molecule has 1 aliphatic carbocycles. The average Bonchev–Trinajstić information content (AvgIpc) is 2.72. The number of hydrogen-bond donors (Lipinski definition) is 0. The van der Waals surface area contributed by atoms with Crippen LogP contribution in [0.5, 0.6) is 11.5 Å². The lowest BCUT2D eigenvalue weighted by molar-refractivity contribution is 0.0815. The summed E-state index contributed by atoms with van der Waals surface area (Å²) in [7, 11) is 5.44. The number of nitrogens with zero attached hydrogens (tertiary/aromatic N) is 1. The molecule has 154 valence electrons. The number of fused-ring (bicyclic) bond motifs is 1. The molecule has 0 spiro atoms. The van der Waals surface area contributed by atoms with Crippen LogP contribution in [0.3, 0.4) is 0 Å². The van der Waals surface area contributed by atoms with Crippen LogP contribution in [0.4, 0.5) is 5.69 Å². The third kappa shape index (κ3) is 3.50. The van der Waals surface area contributed by atoms with Crippen molar-refractivity contribution in [1.29, 1.82) is 0 Å². The van der Waals surface area contributed by atoms with Crippen LogP contribution in [-0.2, 0) is 6.42 Å². The van der Waals surface area contributed by atoms with E-state index in [0.717, 1.165) is 19.3 Å². The predicted octanol–water partition coefficient (Wildman–Crippen LogP) is 5.24. The molecule has 4 rings (SSSR count). The molecule has 3 unspecified atom stereocenters. The molecule has 1 fully saturated rings. The van der Waals surface area contributed by atoms with E-state index < -0.39 is 0 Å². The van der Waals surface area contributed by atoms with Gasteiger partial charge in [-0.1, -0.05) is 19.1 Å². The molecule has 0 saturated heterocycles. The molecule has 0 N–H and O–H groups in total. The Labute approximate surface area is 173 Å². The summed E-state index contributed by atoms with van der Waals surface area (Å²) in [5.74, 6) is 1.78. The fourth-order valence-electron chi connectivity index (χ4n) is 4.99. The lowest BCUT2D eigenvalue weighted by Gasteiger charge is -2.39. The second-order valence-corrected chi connectivity index (χ2v) is 8.32. The van der Waals surface area contributed by atoms with E-state index in [1.165, 1.54) is 29.7 Å². The Morgan fingerprint density at radius 2 is 1.90 bits per heavy atom. The molecule has 29 heavy (non-hydrogen) atoms. The molecule has 3 atom stereocenters. The van der Waals surface area contributed by atoms with Crippen molar-refractivity contribution in [2.45, 2.75) is 51.0 Å². The van der Waals surface area contributed by atoms with E-state index in [9.17, 15) is 4.79 Å². The number of ether oxygens (including phenoxy) is 2. The van der Waals surface area contributed by atoms with Crippen molar-refractivity contribution in [3.63, 3.8) is 0 Å². The van der Waals surface area contributed by atoms with Gasteiger partial charge in [0.25, 0.3) is 0 Å². The fraction of sp³-hybridized carbons (Fsp3) is 0.480. The monoisotopic (exact) mass is 393 g/mol. The molecule has 4 heteroatoms. The quantitative estimate of drug-likeness (QED) is 0.629. The van der Waals surface area contributed by atoms with Gasteiger partial charge in [0.05, 0.1) is 19.8 Å². The first-order valence-electron chi connectivity index (χ1n) is 10.7. The number of methoxy groups -OCH3 is 2. The SMILES string of the molecule is CCC1CCc2cc(C3CCC3C(=O)c3cc(OC)ccc3OC)ccc2N1C. The number of ketones is 1. The molecule has 2 aromatic carbocycles. The maximum absolute atomic E-state index is 13.3. The normalized spacial score (nSPS) is 23.2. The largest absolute Gasteiger partial charge is 0.497 e. The topological polar surface area (TPSA) is 38.8 Å². The van der Waals surface area contributed by atoms with Gasteiger partial charge in [0.15, 0.2) is 5.78 Å². The van der Waals surface area contributed by atoms with Gasteiger partial charge in [-0.2, -0.15) is 0 Å². The Morgan fingerprint density at radius 3 is 2.55 bits per heavy atom. The van der Waals surface area contributed by atoms with Crippen LogP contribution in [0.2, 0.25) is 0 Å². The number of Topliss-reactive ketones (excluding diaryl/α,β-unsaturated/α-hetero) is 1. The summed E-state index contributed by atoms with van der Waals surface area (Å²) in [5, 5.41) is 0. The van der Waals surface area contributed by atoms with Crippen LogP contribution >= 0.6 is 0 Å². The van der Waals surface area contributed by atoms with Crippen molar-refractivity contribution in [3.05, 3.63) is 53.1 Å². The number of carbonyl (C=O) groups excluding carboxylic acids is 1. The lowest BCUT2D eigenvalue weighted by Crippen LogP contribution is -2.36. The number of rotatable bonds is 6. The maximum atomic E-state index is 13.3. The highest BCUT2D eigenvalue weighted by molar-refractivity contribution is 6.01. The van der Waals surface area contributed by atoms with Crippen molar-refractivity contribution in [2.75, 3.05) is 26.2 Å². The van der Waals surface area contributed by atoms with Crippen molar-refractivity contribution in [3.8, 4) is 11.5 Å². The third-order valence-electron chi connectivity index (χ3n) is 6.96. The van der Waals surface area contributed by atoms with Crippen LogP contribution in [0.25, 0.3) is 0 Å². The Kier molecular flexibility index (Phi) is 5.53. The van der Waals surface area contributed by atoms with Gasteiger partial charge in [-0.05, 0) is 73.4 Å². The second kappa shape index (κ2) is 8.10. The van der Waals surface area contributed by atoms with Crippen molar-refractivity contribution < 1.29 is 14.3 Å². The van der Waals surface area contributed by atoms with Crippen LogP contribution in [0, 0.1) is 5.92 Å². The van der Waals surface area contributed by atoms with Crippen LogP contribution in [0.15, 0.2) is 36.4 Å². The molecular formula is C25H31NO3. The summed E-state index contributed by atoms with van der Waals surface area (Å²) < 4.78 is 10.8. The summed E-state index contributed by atoms with van der Waals surface area (Å²) in [4.78, 5) is 15.8. The summed E-state index contributed by atoms with van der Waals surface area (Å²) in [6.45, 7) is 2.26. The highest BCUT2D eigenvalue weighted by Gasteiger charge is 2.39. The van der Waals surface area contributed by atoms with Gasteiger partial charge in [0.1, 0.15) is 11.5 Å². The molecule has 0 amide bonds. The average molecular weight is 394 g/mol. The van der Waals surface area contributed by atoms with E-state index >= 15 is 0 Å². The molecule has 0 radical (unpaired) electrons. The van der Waals surface area contributed by atoms with Crippen molar-refractivity contribution >= 4 is 11.5 Å². The van der Waals surface area contributed by atoms with Crippen LogP contribution in [-0.4, -0.2) is 33.1 Å². The molecule has 2 aromatic rings. The van der Waals surface area contributed by atoms with E-state index in [0.29, 0.717) is 23.1 Å². The number of anilines is 1. The number of aryl methyl sites for hydroxylation is 1. The number of carbonyl (C=O) groups is 1. The predicted molar refractivity (Wildman–Crippen MR) is 117 cm³/mol. The Bertz CT molecular complexity index is 907. The molecule has 0 bridgehead atoms. The first kappa shape index (κ1) is 19.8. The number of benzene rings is 2. The van der Waals surface area contributed by atoms with Gasteiger partial charge >= 0.3 is 0 Å². The Balaban J connectivity index is 1.58. The highest BCUT2D eigenvalue weighted by Crippen LogP contribution is 2.46. The van der Waals surface area contributed by atoms with Crippen LogP contribution < -0.4 is 14.4 Å². The smallest absolute Gasteiger partial charge is 0.170 e. The molecule has 1 heterocycles. The highest BCUT2D eigenvalue weighted by atomic mass is 16.5. The van der Waals surface area contributed by atoms with Crippen molar-refractivity contribution in [1.82, 2.24) is 0 Å². The van der Waals surface area contributed by atoms with E-state index in [1.807, 2.05) is 18.2 Å². The summed E-state index contributed by atoms with van der Waals surface area (Å²) in [6.07, 6.45) is 5.51. The van der Waals surface area contributed by atoms with Crippen LogP contribution in [0.1, 0.15) is 60.0 Å². The molecule has 1 aliphatic heterocycles. The van der Waals surface area contributed by atoms with Gasteiger partial charge in [0.2, 0.25) is 0 Å². The number of hydrogen-bond acceptors (Lipinski definition) is 4. The molecular weight excluding hydrogens is 362 g/mol. The Morgan fingerprint density at radius 1 is 1.07 bits per heavy atom. The zero-order valence-corrected chi connectivity index (χ0v) is 17.9. The van der Waals surface area contributed by atoms with E-state index in [1.54, 1.807) is 14.2 Å². The minimum absolute atomic E-state index is 0.0127. The van der Waals surface area contributed by atoms with E-state index in [2.05, 4.69) is 37.1 Å². The van der Waals surface area contributed by atoms with Gasteiger partial charge in [-0.3, -0.25) is 4.79 Å². The third-order valence-corrected chi connectivity index (χ3v) is 6.96. The molecule has 2 aliphatic rings. The van der Waals surface area contributed by atoms with Gasteiger partial charge in [-0.15, -0.1) is 0 Å². The zero-order chi connectivity index (χ0) is 20.5. The summed E-state index contributed by atoms with van der Waals surface area (Å²) in [6, 6.07) is 12.9. The molecule has 1 saturated carbocycles. The summed E-state index contributed by atoms with van der Waals surface area (Å²) >= 11 is 0. The second-order valence-electron chi connectivity index (χ2n) is 8.32. The zero-order valence-electron chi connectivity index (χ0n) is 17.9. The first-order valence-corrected chi connectivity index (χ1v) is 10.7.